The number of phenolic OH excluding ortho intramolecular Hbond substituents is 1. The van der Waals surface area contributed by atoms with Crippen molar-refractivity contribution in [1.29, 1.82) is 5.41 Å². The third kappa shape index (κ3) is 4.13. The van der Waals surface area contributed by atoms with E-state index in [1.807, 2.05) is 13.8 Å². The van der Waals surface area contributed by atoms with Crippen LogP contribution in [-0.2, 0) is 17.8 Å². The molecule has 0 fully saturated rings. The first kappa shape index (κ1) is 17.5. The fraction of sp³-hybridized carbons (Fsp3) is 0.353. The van der Waals surface area contributed by atoms with Gasteiger partial charge in [-0.1, -0.05) is 26.0 Å². The minimum atomic E-state index is -1.11. The van der Waals surface area contributed by atoms with Crippen molar-refractivity contribution in [2.75, 3.05) is 0 Å². The number of hydrogen-bond donors (Lipinski definition) is 4. The molecule has 0 atom stereocenters. The van der Waals surface area contributed by atoms with Gasteiger partial charge in [0.05, 0.1) is 5.71 Å². The molecule has 0 saturated carbocycles. The lowest BCUT2D eigenvalue weighted by atomic mass is 10.1. The molecular weight excluding hydrogens is 310 g/mol. The van der Waals surface area contributed by atoms with Gasteiger partial charge >= 0.3 is 5.97 Å². The molecule has 2 rings (SSSR count). The number of aliphatic carboxylic acids is 1. The number of nitrogens with one attached hydrogen (secondary N) is 1. The molecule has 7 nitrogen and oxygen atoms in total. The third-order valence-electron chi connectivity index (χ3n) is 3.49. The van der Waals surface area contributed by atoms with Crippen molar-refractivity contribution in [2.45, 2.75) is 33.2 Å². The van der Waals surface area contributed by atoms with E-state index in [2.05, 4.69) is 4.98 Å². The van der Waals surface area contributed by atoms with E-state index in [0.717, 1.165) is 10.1 Å². The van der Waals surface area contributed by atoms with Crippen molar-refractivity contribution >= 4 is 11.7 Å². The molecule has 0 saturated heterocycles. The van der Waals surface area contributed by atoms with Crippen LogP contribution >= 0.6 is 0 Å². The molecule has 4 N–H and O–H groups in total. The summed E-state index contributed by atoms with van der Waals surface area (Å²) in [6.45, 7) is 3.46. The highest BCUT2D eigenvalue weighted by Gasteiger charge is 2.21. The Morgan fingerprint density at radius 2 is 1.88 bits per heavy atom. The molecular formula is C17H21N3O4. The fourth-order valence-corrected chi connectivity index (χ4v) is 2.43. The minimum absolute atomic E-state index is 0.138. The Kier molecular flexibility index (Phi) is 5.23. The van der Waals surface area contributed by atoms with Gasteiger partial charge in [0.1, 0.15) is 18.0 Å². The first-order valence-electron chi connectivity index (χ1n) is 7.63. The summed E-state index contributed by atoms with van der Waals surface area (Å²) in [5, 5.41) is 36.9. The average Bonchev–Trinajstić information content (AvgIpc) is 2.78. The molecule has 0 bridgehead atoms. The molecule has 1 aromatic carbocycles. The smallest absolute Gasteiger partial charge is 0.323 e. The van der Waals surface area contributed by atoms with Crippen LogP contribution in [0.4, 0.5) is 0 Å². The molecule has 0 radical (unpaired) electrons. The number of aromatic nitrogens is 2. The van der Waals surface area contributed by atoms with E-state index in [4.69, 9.17) is 10.5 Å². The van der Waals surface area contributed by atoms with Gasteiger partial charge in [-0.2, -0.15) is 0 Å². The Morgan fingerprint density at radius 3 is 2.42 bits per heavy atom. The third-order valence-corrected chi connectivity index (χ3v) is 3.49. The topological polar surface area (TPSA) is 119 Å². The van der Waals surface area contributed by atoms with Crippen LogP contribution in [0.1, 0.15) is 37.4 Å². The van der Waals surface area contributed by atoms with Crippen molar-refractivity contribution in [2.24, 2.45) is 5.92 Å². The zero-order chi connectivity index (χ0) is 17.9. The summed E-state index contributed by atoms with van der Waals surface area (Å²) in [5.74, 6) is -0.821. The highest BCUT2D eigenvalue weighted by atomic mass is 16.4. The number of phenols is 1. The van der Waals surface area contributed by atoms with Gasteiger partial charge in [-0.05, 0) is 30.0 Å². The van der Waals surface area contributed by atoms with Crippen molar-refractivity contribution in [3.63, 3.8) is 0 Å². The largest absolute Gasteiger partial charge is 0.508 e. The van der Waals surface area contributed by atoms with E-state index in [1.165, 1.54) is 12.1 Å². The Hall–Kier alpha value is -2.83. The van der Waals surface area contributed by atoms with Crippen LogP contribution in [0.3, 0.4) is 0 Å². The highest BCUT2D eigenvalue weighted by Crippen LogP contribution is 2.24. The van der Waals surface area contributed by atoms with E-state index in [0.29, 0.717) is 12.1 Å². The Balaban J connectivity index is 2.37. The Morgan fingerprint density at radius 1 is 1.25 bits per heavy atom. The van der Waals surface area contributed by atoms with Gasteiger partial charge < -0.3 is 20.7 Å². The lowest BCUT2D eigenvalue weighted by Crippen LogP contribution is -2.16. The minimum Gasteiger partial charge on any atom is -0.508 e. The molecule has 1 heterocycles. The summed E-state index contributed by atoms with van der Waals surface area (Å²) >= 11 is 0. The standard InChI is InChI=1S/C17H21N3O4/c1-10(2)7-13(18)16-19-14(17(24)20(16)9-15(22)23)8-11-3-5-12(21)6-4-11/h3-6,10,18,21,24H,7-9H2,1-2H3,(H,22,23). The van der Waals surface area contributed by atoms with Crippen LogP contribution in [0.2, 0.25) is 0 Å². The van der Waals surface area contributed by atoms with Crippen LogP contribution in [0.5, 0.6) is 11.6 Å². The van der Waals surface area contributed by atoms with E-state index in [1.54, 1.807) is 12.1 Å². The summed E-state index contributed by atoms with van der Waals surface area (Å²) in [5.41, 5.74) is 1.31. The molecule has 128 valence electrons. The molecule has 2 aromatic rings. The van der Waals surface area contributed by atoms with E-state index in [9.17, 15) is 15.0 Å². The highest BCUT2D eigenvalue weighted by molar-refractivity contribution is 5.96. The number of carbonyl (C=O) groups is 1. The van der Waals surface area contributed by atoms with Crippen LogP contribution in [-0.4, -0.2) is 36.6 Å². The quantitative estimate of drug-likeness (QED) is 0.581. The van der Waals surface area contributed by atoms with Gasteiger partial charge in [-0.15, -0.1) is 0 Å². The number of nitrogens with zero attached hydrogens (tertiary/aromatic N) is 2. The number of carboxylic acid groups (broad SMARTS) is 1. The van der Waals surface area contributed by atoms with Gasteiger partial charge in [0.2, 0.25) is 5.88 Å². The Bertz CT molecular complexity index is 748. The monoisotopic (exact) mass is 331 g/mol. The molecule has 0 unspecified atom stereocenters. The second kappa shape index (κ2) is 7.16. The zero-order valence-electron chi connectivity index (χ0n) is 13.7. The van der Waals surface area contributed by atoms with E-state index < -0.39 is 12.5 Å². The molecule has 0 aliphatic carbocycles. The molecule has 0 spiro atoms. The summed E-state index contributed by atoms with van der Waals surface area (Å²) in [6, 6.07) is 6.46. The van der Waals surface area contributed by atoms with Crippen molar-refractivity contribution in [3.05, 3.63) is 41.3 Å². The zero-order valence-corrected chi connectivity index (χ0v) is 13.7. The lowest BCUT2D eigenvalue weighted by molar-refractivity contribution is -0.137. The molecule has 0 aliphatic heterocycles. The Labute approximate surface area is 139 Å². The van der Waals surface area contributed by atoms with Gasteiger partial charge in [-0.3, -0.25) is 9.36 Å². The first-order chi connectivity index (χ1) is 11.3. The van der Waals surface area contributed by atoms with E-state index >= 15 is 0 Å². The van der Waals surface area contributed by atoms with Gasteiger partial charge in [0.15, 0.2) is 5.82 Å². The normalized spacial score (nSPS) is 11.0. The summed E-state index contributed by atoms with van der Waals surface area (Å²) in [7, 11) is 0. The van der Waals surface area contributed by atoms with Crippen LogP contribution in [0, 0.1) is 11.3 Å². The number of imidazole rings is 1. The number of rotatable bonds is 7. The SMILES string of the molecule is CC(C)CC(=N)c1nc(Cc2ccc(O)cc2)c(O)n1CC(=O)O. The number of aromatic hydroxyl groups is 2. The summed E-state index contributed by atoms with van der Waals surface area (Å²) in [4.78, 5) is 15.4. The maximum Gasteiger partial charge on any atom is 0.323 e. The van der Waals surface area contributed by atoms with Crippen LogP contribution in [0.25, 0.3) is 0 Å². The summed E-state index contributed by atoms with van der Waals surface area (Å²) in [6.07, 6.45) is 0.718. The van der Waals surface area contributed by atoms with Crippen LogP contribution < -0.4 is 0 Å². The van der Waals surface area contributed by atoms with Gasteiger partial charge in [0, 0.05) is 6.42 Å². The predicted octanol–water partition coefficient (Wildman–Crippen LogP) is 2.38. The molecule has 7 heteroatoms. The second-order valence-electron chi connectivity index (χ2n) is 6.11. The first-order valence-corrected chi connectivity index (χ1v) is 7.63. The molecule has 0 amide bonds. The number of carboxylic acids is 1. The summed E-state index contributed by atoms with van der Waals surface area (Å²) < 4.78 is 1.16. The molecule has 0 aliphatic rings. The number of benzene rings is 1. The average molecular weight is 331 g/mol. The molecule has 1 aromatic heterocycles. The maximum atomic E-state index is 11.1. The van der Waals surface area contributed by atoms with Crippen molar-refractivity contribution in [3.8, 4) is 11.6 Å². The molecule has 24 heavy (non-hydrogen) atoms. The van der Waals surface area contributed by atoms with Crippen molar-refractivity contribution in [1.82, 2.24) is 9.55 Å². The van der Waals surface area contributed by atoms with Crippen LogP contribution in [0.15, 0.2) is 24.3 Å². The van der Waals surface area contributed by atoms with Crippen molar-refractivity contribution < 1.29 is 20.1 Å². The maximum absolute atomic E-state index is 11.1. The van der Waals surface area contributed by atoms with Gasteiger partial charge in [0.25, 0.3) is 0 Å². The fourth-order valence-electron chi connectivity index (χ4n) is 2.43. The predicted molar refractivity (Wildman–Crippen MR) is 88.7 cm³/mol. The lowest BCUT2D eigenvalue weighted by Gasteiger charge is -2.09. The van der Waals surface area contributed by atoms with Gasteiger partial charge in [-0.25, -0.2) is 4.98 Å². The second-order valence-corrected chi connectivity index (χ2v) is 6.11. The number of hydrogen-bond acceptors (Lipinski definition) is 5. The van der Waals surface area contributed by atoms with E-state index in [-0.39, 0.29) is 35.5 Å².